The highest BCUT2D eigenvalue weighted by atomic mass is 32.2. The van der Waals surface area contributed by atoms with Crippen LogP contribution in [-0.2, 0) is 6.42 Å². The SMILES string of the molecule is CC(Sc1nnc(Cc2cccc(F)c2)o1)C(C)c1ccc2ccccc2n1. The van der Waals surface area contributed by atoms with Gasteiger partial charge in [-0.15, -0.1) is 10.2 Å². The molecule has 0 aliphatic carbocycles. The van der Waals surface area contributed by atoms with Gasteiger partial charge in [0.15, 0.2) is 0 Å². The first-order valence-electron chi connectivity index (χ1n) is 9.17. The van der Waals surface area contributed by atoms with E-state index >= 15 is 0 Å². The monoisotopic (exact) mass is 393 g/mol. The fourth-order valence-electron chi connectivity index (χ4n) is 3.02. The van der Waals surface area contributed by atoms with Crippen LogP contribution in [0.2, 0.25) is 0 Å². The molecule has 2 unspecified atom stereocenters. The lowest BCUT2D eigenvalue weighted by atomic mass is 10.0. The topological polar surface area (TPSA) is 51.8 Å². The predicted molar refractivity (Wildman–Crippen MR) is 109 cm³/mol. The number of fused-ring (bicyclic) bond motifs is 1. The van der Waals surface area contributed by atoms with Crippen molar-refractivity contribution in [1.29, 1.82) is 0 Å². The fraction of sp³-hybridized carbons (Fsp3) is 0.227. The first-order valence-corrected chi connectivity index (χ1v) is 10.1. The average Bonchev–Trinajstić information content (AvgIpc) is 3.13. The number of para-hydroxylation sites is 1. The first-order chi connectivity index (χ1) is 13.6. The highest BCUT2D eigenvalue weighted by molar-refractivity contribution is 7.99. The van der Waals surface area contributed by atoms with E-state index in [1.165, 1.54) is 23.9 Å². The van der Waals surface area contributed by atoms with Crippen LogP contribution >= 0.6 is 11.8 Å². The summed E-state index contributed by atoms with van der Waals surface area (Å²) >= 11 is 1.53. The van der Waals surface area contributed by atoms with E-state index in [9.17, 15) is 4.39 Å². The number of pyridine rings is 1. The molecule has 0 radical (unpaired) electrons. The zero-order valence-corrected chi connectivity index (χ0v) is 16.5. The summed E-state index contributed by atoms with van der Waals surface area (Å²) in [6.45, 7) is 4.28. The molecule has 2 heterocycles. The van der Waals surface area contributed by atoms with Gasteiger partial charge in [0, 0.05) is 22.2 Å². The predicted octanol–water partition coefficient (Wildman–Crippen LogP) is 5.63. The van der Waals surface area contributed by atoms with Crippen LogP contribution in [-0.4, -0.2) is 20.4 Å². The van der Waals surface area contributed by atoms with Crippen molar-refractivity contribution in [2.75, 3.05) is 0 Å². The Labute approximate surface area is 167 Å². The molecule has 142 valence electrons. The minimum absolute atomic E-state index is 0.205. The quantitative estimate of drug-likeness (QED) is 0.397. The van der Waals surface area contributed by atoms with Crippen LogP contribution in [0.25, 0.3) is 10.9 Å². The summed E-state index contributed by atoms with van der Waals surface area (Å²) in [5.74, 6) is 0.432. The highest BCUT2D eigenvalue weighted by Crippen LogP contribution is 2.32. The Bertz CT molecular complexity index is 1100. The number of nitrogens with zero attached hydrogens (tertiary/aromatic N) is 3. The van der Waals surface area contributed by atoms with E-state index in [4.69, 9.17) is 9.40 Å². The number of aromatic nitrogens is 3. The summed E-state index contributed by atoms with van der Waals surface area (Å²) in [6, 6.07) is 18.7. The molecule has 4 aromatic rings. The van der Waals surface area contributed by atoms with Gasteiger partial charge in [-0.2, -0.15) is 0 Å². The van der Waals surface area contributed by atoms with Gasteiger partial charge in [0.2, 0.25) is 5.89 Å². The van der Waals surface area contributed by atoms with Crippen LogP contribution in [0.1, 0.15) is 36.9 Å². The largest absolute Gasteiger partial charge is 0.416 e. The Morgan fingerprint density at radius 1 is 1.00 bits per heavy atom. The summed E-state index contributed by atoms with van der Waals surface area (Å²) in [7, 11) is 0. The Morgan fingerprint density at radius 3 is 2.71 bits per heavy atom. The van der Waals surface area contributed by atoms with Crippen molar-refractivity contribution in [3.63, 3.8) is 0 Å². The Balaban J connectivity index is 1.44. The molecule has 0 aliphatic heterocycles. The lowest BCUT2D eigenvalue weighted by Gasteiger charge is -2.17. The maximum Gasteiger partial charge on any atom is 0.276 e. The van der Waals surface area contributed by atoms with Crippen LogP contribution in [0.5, 0.6) is 0 Å². The van der Waals surface area contributed by atoms with Crippen molar-refractivity contribution in [2.45, 2.75) is 36.7 Å². The molecule has 0 N–H and O–H groups in total. The van der Waals surface area contributed by atoms with Gasteiger partial charge < -0.3 is 4.42 Å². The normalized spacial score (nSPS) is 13.5. The Hall–Kier alpha value is -2.73. The van der Waals surface area contributed by atoms with E-state index < -0.39 is 0 Å². The third-order valence-corrected chi connectivity index (χ3v) is 5.92. The summed E-state index contributed by atoms with van der Waals surface area (Å²) in [6.07, 6.45) is 0.418. The van der Waals surface area contributed by atoms with E-state index in [1.54, 1.807) is 6.07 Å². The maximum absolute atomic E-state index is 13.3. The van der Waals surface area contributed by atoms with Gasteiger partial charge in [0.25, 0.3) is 5.22 Å². The Kier molecular flexibility index (Phi) is 5.39. The van der Waals surface area contributed by atoms with Crippen LogP contribution in [0.4, 0.5) is 4.39 Å². The summed E-state index contributed by atoms with van der Waals surface area (Å²) in [5, 5.41) is 10.1. The minimum atomic E-state index is -0.267. The van der Waals surface area contributed by atoms with E-state index in [0.29, 0.717) is 17.5 Å². The molecule has 0 bridgehead atoms. The average molecular weight is 393 g/mol. The van der Waals surface area contributed by atoms with Gasteiger partial charge in [-0.3, -0.25) is 4.98 Å². The van der Waals surface area contributed by atoms with Crippen LogP contribution < -0.4 is 0 Å². The maximum atomic E-state index is 13.3. The van der Waals surface area contributed by atoms with Crippen molar-refractivity contribution in [3.05, 3.63) is 83.6 Å². The van der Waals surface area contributed by atoms with Crippen molar-refractivity contribution in [1.82, 2.24) is 15.2 Å². The van der Waals surface area contributed by atoms with E-state index in [-0.39, 0.29) is 17.0 Å². The molecule has 0 fully saturated rings. The Morgan fingerprint density at radius 2 is 1.86 bits per heavy atom. The number of hydrogen-bond acceptors (Lipinski definition) is 5. The van der Waals surface area contributed by atoms with Gasteiger partial charge in [0.1, 0.15) is 5.82 Å². The number of halogens is 1. The molecule has 0 saturated carbocycles. The second-order valence-corrected chi connectivity index (χ2v) is 8.14. The molecule has 0 spiro atoms. The van der Waals surface area contributed by atoms with E-state index in [1.807, 2.05) is 24.3 Å². The molecule has 0 aliphatic rings. The third kappa shape index (κ3) is 4.22. The number of thioether (sulfide) groups is 1. The van der Waals surface area contributed by atoms with Gasteiger partial charge in [0.05, 0.1) is 11.9 Å². The summed E-state index contributed by atoms with van der Waals surface area (Å²) < 4.78 is 19.1. The minimum Gasteiger partial charge on any atom is -0.416 e. The zero-order chi connectivity index (χ0) is 19.5. The fourth-order valence-corrected chi connectivity index (χ4v) is 3.91. The van der Waals surface area contributed by atoms with E-state index in [0.717, 1.165) is 22.2 Å². The van der Waals surface area contributed by atoms with Crippen LogP contribution in [0, 0.1) is 5.82 Å². The third-order valence-electron chi connectivity index (χ3n) is 4.77. The number of hydrogen-bond donors (Lipinski definition) is 0. The first kappa shape index (κ1) is 18.6. The van der Waals surface area contributed by atoms with Crippen molar-refractivity contribution < 1.29 is 8.81 Å². The van der Waals surface area contributed by atoms with Crippen LogP contribution in [0.3, 0.4) is 0 Å². The molecule has 2 aromatic heterocycles. The molecule has 2 atom stereocenters. The lowest BCUT2D eigenvalue weighted by Crippen LogP contribution is -2.10. The molecule has 28 heavy (non-hydrogen) atoms. The van der Waals surface area contributed by atoms with Gasteiger partial charge >= 0.3 is 0 Å². The standard InChI is InChI=1S/C22H20FN3OS/c1-14(19-11-10-17-7-3-4-9-20(17)24-19)15(2)28-22-26-25-21(27-22)13-16-6-5-8-18(23)12-16/h3-12,14-15H,13H2,1-2H3. The second kappa shape index (κ2) is 8.10. The van der Waals surface area contributed by atoms with Crippen molar-refractivity contribution in [2.24, 2.45) is 0 Å². The zero-order valence-electron chi connectivity index (χ0n) is 15.7. The molecular weight excluding hydrogens is 373 g/mol. The van der Waals surface area contributed by atoms with Crippen molar-refractivity contribution in [3.8, 4) is 0 Å². The van der Waals surface area contributed by atoms with Crippen molar-refractivity contribution >= 4 is 22.7 Å². The smallest absolute Gasteiger partial charge is 0.276 e. The van der Waals surface area contributed by atoms with Gasteiger partial charge in [-0.05, 0) is 29.8 Å². The summed E-state index contributed by atoms with van der Waals surface area (Å²) in [4.78, 5) is 4.79. The van der Waals surface area contributed by atoms with Gasteiger partial charge in [-0.25, -0.2) is 4.39 Å². The van der Waals surface area contributed by atoms with Gasteiger partial charge in [-0.1, -0.05) is 62.0 Å². The summed E-state index contributed by atoms with van der Waals surface area (Å²) in [5.41, 5.74) is 2.85. The highest BCUT2D eigenvalue weighted by Gasteiger charge is 2.20. The second-order valence-electron chi connectivity index (χ2n) is 6.81. The number of rotatable bonds is 6. The molecule has 0 saturated heterocycles. The molecule has 2 aromatic carbocycles. The number of benzene rings is 2. The molecule has 6 heteroatoms. The molecular formula is C22H20FN3OS. The molecule has 4 rings (SSSR count). The van der Waals surface area contributed by atoms with Crippen LogP contribution in [0.15, 0.2) is 70.3 Å². The van der Waals surface area contributed by atoms with E-state index in [2.05, 4.69) is 42.2 Å². The molecule has 0 amide bonds. The lowest BCUT2D eigenvalue weighted by molar-refractivity contribution is 0.419. The molecule has 4 nitrogen and oxygen atoms in total.